The van der Waals surface area contributed by atoms with Gasteiger partial charge < -0.3 is 14.8 Å². The van der Waals surface area contributed by atoms with Gasteiger partial charge in [0.05, 0.1) is 30.6 Å². The summed E-state index contributed by atoms with van der Waals surface area (Å²) in [7, 11) is -1.77. The lowest BCUT2D eigenvalue weighted by atomic mass is 9.97. The fraction of sp³-hybridized carbons (Fsp3) is 0.387. The van der Waals surface area contributed by atoms with Crippen molar-refractivity contribution >= 4 is 21.3 Å². The van der Waals surface area contributed by atoms with Gasteiger partial charge in [0, 0.05) is 38.2 Å². The molecule has 7 nitrogen and oxygen atoms in total. The van der Waals surface area contributed by atoms with Crippen molar-refractivity contribution in [1.29, 1.82) is 0 Å². The van der Waals surface area contributed by atoms with Gasteiger partial charge in [-0.3, -0.25) is 4.79 Å². The molecular weight excluding hydrogens is 569 g/mol. The molecule has 0 bridgehead atoms. The Morgan fingerprint density at radius 2 is 1.83 bits per heavy atom. The van der Waals surface area contributed by atoms with Crippen molar-refractivity contribution in [2.45, 2.75) is 40.2 Å². The van der Waals surface area contributed by atoms with Crippen LogP contribution in [0.1, 0.15) is 39.7 Å². The minimum atomic E-state index is -3.37. The number of likely N-dealkylation sites (N-methyl/N-ethyl adjacent to an activating group) is 1. The Hall–Kier alpha value is -3.41. The molecule has 0 heterocycles. The summed E-state index contributed by atoms with van der Waals surface area (Å²) >= 11 is 0. The van der Waals surface area contributed by atoms with Gasteiger partial charge in [-0.1, -0.05) is 36.9 Å². The molecule has 1 unspecified atom stereocenters. The second-order valence-corrected chi connectivity index (χ2v) is 10.8. The molecule has 11 heteroatoms. The number of nitrogens with one attached hydrogen (secondary N) is 1. The Bertz CT molecular complexity index is 1240. The van der Waals surface area contributed by atoms with Gasteiger partial charge in [0.2, 0.25) is 5.91 Å². The van der Waals surface area contributed by atoms with E-state index >= 15 is 0 Å². The van der Waals surface area contributed by atoms with Gasteiger partial charge in [0.15, 0.2) is 9.84 Å². The van der Waals surface area contributed by atoms with Crippen molar-refractivity contribution in [2.75, 3.05) is 39.7 Å². The predicted molar refractivity (Wildman–Crippen MR) is 164 cm³/mol. The van der Waals surface area contributed by atoms with E-state index in [0.29, 0.717) is 60.0 Å². The number of carbonyl (C=O) groups is 1. The number of amides is 1. The van der Waals surface area contributed by atoms with Crippen LogP contribution in [0.4, 0.5) is 13.3 Å². The number of methoxy groups -OCH3 is 1. The lowest BCUT2D eigenvalue weighted by Crippen LogP contribution is -2.25. The summed E-state index contributed by atoms with van der Waals surface area (Å²) in [5.41, 5.74) is 2.32. The monoisotopic (exact) mass is 612 g/mol. The maximum Gasteiger partial charge on any atom is 0.248 e. The molecule has 0 saturated carbocycles. The minimum Gasteiger partial charge on any atom is -0.382 e. The van der Waals surface area contributed by atoms with Crippen LogP contribution >= 0.6 is 0 Å². The molecule has 234 valence electrons. The number of hydrogen-bond acceptors (Lipinski definition) is 6. The molecule has 1 atom stereocenters. The van der Waals surface area contributed by atoms with Crippen LogP contribution in [0.5, 0.6) is 0 Å². The lowest BCUT2D eigenvalue weighted by Gasteiger charge is -2.12. The molecule has 1 aromatic rings. The molecule has 1 aliphatic carbocycles. The zero-order chi connectivity index (χ0) is 32.1. The predicted octanol–water partition coefficient (Wildman–Crippen LogP) is 6.41. The average Bonchev–Trinajstić information content (AvgIpc) is 3.18. The van der Waals surface area contributed by atoms with Crippen LogP contribution in [0.25, 0.3) is 5.57 Å². The number of ether oxygens (including phenoxy) is 2. The quantitative estimate of drug-likeness (QED) is 0.167. The largest absolute Gasteiger partial charge is 0.382 e. The van der Waals surface area contributed by atoms with Gasteiger partial charge in [0.1, 0.15) is 5.82 Å². The van der Waals surface area contributed by atoms with E-state index < -0.39 is 9.84 Å². The lowest BCUT2D eigenvalue weighted by molar-refractivity contribution is -0.117. The summed E-state index contributed by atoms with van der Waals surface area (Å²) in [4.78, 5) is 12.5. The molecule has 0 saturated heterocycles. The molecule has 1 aromatic carbocycles. The molecule has 42 heavy (non-hydrogen) atoms. The third kappa shape index (κ3) is 15.6. The van der Waals surface area contributed by atoms with E-state index in [1.165, 1.54) is 36.6 Å². The average molecular weight is 613 g/mol. The maximum absolute atomic E-state index is 13.1. The molecule has 0 fully saturated rings. The van der Waals surface area contributed by atoms with Gasteiger partial charge in [-0.15, -0.1) is 4.48 Å². The van der Waals surface area contributed by atoms with Gasteiger partial charge in [0.25, 0.3) is 0 Å². The first-order valence-corrected chi connectivity index (χ1v) is 15.2. The summed E-state index contributed by atoms with van der Waals surface area (Å²) in [6.45, 7) is 12.7. The van der Waals surface area contributed by atoms with Crippen LogP contribution in [-0.4, -0.2) is 65.2 Å². The number of carbonyl (C=O) groups excluding carboxylic acids is 1. The second kappa shape index (κ2) is 21.3. The molecule has 0 spiro atoms. The van der Waals surface area contributed by atoms with Crippen molar-refractivity contribution < 1.29 is 35.9 Å². The van der Waals surface area contributed by atoms with Crippen LogP contribution in [0.15, 0.2) is 89.8 Å². The van der Waals surface area contributed by atoms with Crippen molar-refractivity contribution in [3.05, 3.63) is 101 Å². The van der Waals surface area contributed by atoms with E-state index in [1.54, 1.807) is 52.2 Å². The summed E-state index contributed by atoms with van der Waals surface area (Å²) in [6.07, 6.45) is 10.5. The first-order valence-electron chi connectivity index (χ1n) is 13.3. The van der Waals surface area contributed by atoms with Gasteiger partial charge in [-0.05, 0) is 75.1 Å². The Kier molecular flexibility index (Phi) is 19.6. The van der Waals surface area contributed by atoms with E-state index in [1.807, 2.05) is 6.92 Å². The van der Waals surface area contributed by atoms with Crippen LogP contribution in [0.3, 0.4) is 0 Å². The van der Waals surface area contributed by atoms with Gasteiger partial charge in [-0.2, -0.15) is 0 Å². The first-order chi connectivity index (χ1) is 19.9. The highest BCUT2D eigenvalue weighted by atomic mass is 32.2. The highest BCUT2D eigenvalue weighted by molar-refractivity contribution is 7.94. The third-order valence-corrected chi connectivity index (χ3v) is 6.67. The molecule has 0 aliphatic heterocycles. The van der Waals surface area contributed by atoms with Crippen molar-refractivity contribution in [1.82, 2.24) is 10.4 Å². The van der Waals surface area contributed by atoms with Crippen molar-refractivity contribution in [3.8, 4) is 0 Å². The Morgan fingerprint density at radius 3 is 2.31 bits per heavy atom. The molecular formula is C31H43F3N2O5S. The minimum absolute atomic E-state index is 0.160. The normalized spacial score (nSPS) is 13.9. The molecule has 1 N–H and O–H groups in total. The Labute approximate surface area is 248 Å². The van der Waals surface area contributed by atoms with Crippen LogP contribution in [0, 0.1) is 5.82 Å². The van der Waals surface area contributed by atoms with Crippen LogP contribution in [-0.2, 0) is 24.1 Å². The maximum atomic E-state index is 13.1. The molecule has 1 amide bonds. The number of halogens is 3. The third-order valence-electron chi connectivity index (χ3n) is 5.51. The highest BCUT2D eigenvalue weighted by Gasteiger charge is 2.19. The van der Waals surface area contributed by atoms with Crippen LogP contribution in [0.2, 0.25) is 0 Å². The van der Waals surface area contributed by atoms with Gasteiger partial charge in [-0.25, -0.2) is 22.3 Å². The molecule has 1 aliphatic rings. The SMILES string of the molecule is C/C=C\N(F)CC.C=C(/C=C/F)C(C)OCCOC.CCNC(=O)C1=C(c2ccc(F)cc2)C=CC(S(C)(=O)=O)=CC1. The Morgan fingerprint density at radius 1 is 1.19 bits per heavy atom. The summed E-state index contributed by atoms with van der Waals surface area (Å²) < 4.78 is 70.2. The zero-order valence-electron chi connectivity index (χ0n) is 25.2. The van der Waals surface area contributed by atoms with E-state index in [-0.39, 0.29) is 29.2 Å². The topological polar surface area (TPSA) is 84.9 Å². The van der Waals surface area contributed by atoms with Crippen molar-refractivity contribution in [3.63, 3.8) is 0 Å². The summed E-state index contributed by atoms with van der Waals surface area (Å²) in [5, 5.41) is 3.35. The fourth-order valence-electron chi connectivity index (χ4n) is 3.20. The molecule has 2 rings (SSSR count). The second-order valence-electron chi connectivity index (χ2n) is 8.75. The van der Waals surface area contributed by atoms with E-state index in [2.05, 4.69) is 11.9 Å². The number of sulfone groups is 1. The number of benzene rings is 1. The summed E-state index contributed by atoms with van der Waals surface area (Å²) in [5.74, 6) is -0.635. The number of hydrogen-bond donors (Lipinski definition) is 1. The van der Waals surface area contributed by atoms with Gasteiger partial charge >= 0.3 is 0 Å². The number of allylic oxidation sites excluding steroid dienone is 5. The zero-order valence-corrected chi connectivity index (χ0v) is 26.0. The fourth-order valence-corrected chi connectivity index (χ4v) is 3.90. The summed E-state index contributed by atoms with van der Waals surface area (Å²) in [6, 6.07) is 5.75. The van der Waals surface area contributed by atoms with E-state index in [4.69, 9.17) is 9.47 Å². The van der Waals surface area contributed by atoms with E-state index in [0.717, 1.165) is 6.26 Å². The highest BCUT2D eigenvalue weighted by Crippen LogP contribution is 2.28. The molecule has 0 radical (unpaired) electrons. The van der Waals surface area contributed by atoms with Crippen LogP contribution < -0.4 is 5.32 Å². The first kappa shape index (κ1) is 38.6. The van der Waals surface area contributed by atoms with Crippen molar-refractivity contribution in [2.24, 2.45) is 0 Å². The smallest absolute Gasteiger partial charge is 0.248 e. The van der Waals surface area contributed by atoms with E-state index in [9.17, 15) is 26.5 Å². The number of nitrogens with zero attached hydrogens (tertiary/aromatic N) is 1. The molecule has 0 aromatic heterocycles. The number of rotatable bonds is 12. The Balaban J connectivity index is 0.000000739. The standard InChI is InChI=1S/C17H18FNO3S.C9H15FO2.C5H10FN/c1-3-19-17(20)16-11-9-14(23(2,21)22)8-10-15(16)12-4-6-13(18)7-5-12;1-8(4-5-10)9(2)12-7-6-11-3;1-3-5-7(6)4-2/h4-10H,3,11H2,1-2H3,(H,19,20);4-5,9H,1,6-7H2,2-3H3;3,5H,4H2,1-2H3/b;5-4+;5-3-.